The minimum atomic E-state index is -0.373. The lowest BCUT2D eigenvalue weighted by Gasteiger charge is -2.47. The fourth-order valence-corrected chi connectivity index (χ4v) is 4.24. The number of carbonyl (C=O) groups is 2. The molecule has 3 fully saturated rings. The molecule has 0 radical (unpaired) electrons. The van der Waals surface area contributed by atoms with Crippen LogP contribution in [-0.4, -0.2) is 78.1 Å². The summed E-state index contributed by atoms with van der Waals surface area (Å²) in [5.74, 6) is 0.118. The molecule has 27 heavy (non-hydrogen) atoms. The van der Waals surface area contributed by atoms with E-state index >= 15 is 0 Å². The Morgan fingerprint density at radius 3 is 2.78 bits per heavy atom. The van der Waals surface area contributed by atoms with Gasteiger partial charge >= 0.3 is 0 Å². The molecule has 1 aromatic rings. The molecule has 1 spiro atoms. The maximum Gasteiger partial charge on any atom is 0.242 e. The molecule has 7 nitrogen and oxygen atoms in total. The van der Waals surface area contributed by atoms with E-state index in [9.17, 15) is 14.0 Å². The Morgan fingerprint density at radius 1 is 1.26 bits per heavy atom. The lowest BCUT2D eigenvalue weighted by atomic mass is 9.89. The van der Waals surface area contributed by atoms with Crippen molar-refractivity contribution in [2.75, 3.05) is 50.8 Å². The molecule has 4 rings (SSSR count). The Bertz CT molecular complexity index is 721. The average Bonchev–Trinajstić information content (AvgIpc) is 3.07. The van der Waals surface area contributed by atoms with Crippen LogP contribution in [-0.2, 0) is 14.3 Å². The Hall–Kier alpha value is -2.22. The summed E-state index contributed by atoms with van der Waals surface area (Å²) in [6, 6.07) is 3.01. The number of carbonyl (C=O) groups excluding carboxylic acids is 2. The van der Waals surface area contributed by atoms with Gasteiger partial charge in [0.25, 0.3) is 0 Å². The van der Waals surface area contributed by atoms with Crippen LogP contribution in [0.1, 0.15) is 25.7 Å². The maximum atomic E-state index is 14.1. The third kappa shape index (κ3) is 3.76. The number of nitrogens with zero attached hydrogens (tertiary/aromatic N) is 4. The molecule has 0 aliphatic carbocycles. The predicted molar refractivity (Wildman–Crippen MR) is 96.7 cm³/mol. The summed E-state index contributed by atoms with van der Waals surface area (Å²) in [5.41, 5.74) is -0.373. The molecule has 1 aromatic heterocycles. The predicted octanol–water partition coefficient (Wildman–Crippen LogP) is 1.04. The summed E-state index contributed by atoms with van der Waals surface area (Å²) < 4.78 is 20.2. The fraction of sp³-hybridized carbons (Fsp3) is 0.632. The zero-order valence-corrected chi connectivity index (χ0v) is 15.4. The van der Waals surface area contributed by atoms with Crippen LogP contribution < -0.4 is 4.90 Å². The Balaban J connectivity index is 1.35. The molecule has 4 heterocycles. The van der Waals surface area contributed by atoms with Crippen molar-refractivity contribution in [3.05, 3.63) is 24.1 Å². The van der Waals surface area contributed by atoms with E-state index in [1.54, 1.807) is 17.2 Å². The number of hydrogen-bond acceptors (Lipinski definition) is 5. The quantitative estimate of drug-likeness (QED) is 0.789. The molecule has 0 bridgehead atoms. The number of hydrogen-bond donors (Lipinski definition) is 0. The summed E-state index contributed by atoms with van der Waals surface area (Å²) in [6.45, 7) is 3.75. The van der Waals surface area contributed by atoms with Crippen LogP contribution in [0.25, 0.3) is 0 Å². The number of ether oxygens (including phenoxy) is 1. The molecular weight excluding hydrogens is 351 g/mol. The van der Waals surface area contributed by atoms with Gasteiger partial charge in [0, 0.05) is 45.3 Å². The van der Waals surface area contributed by atoms with E-state index in [0.717, 1.165) is 6.42 Å². The Morgan fingerprint density at radius 2 is 2.07 bits per heavy atom. The van der Waals surface area contributed by atoms with E-state index < -0.39 is 0 Å². The minimum Gasteiger partial charge on any atom is -0.371 e. The standard InChI is InChI=1S/C19H25FN4O3/c20-15-3-1-7-21-18(15)24-11-12-27-19(14-24)5-9-22(10-6-19)17(26)13-23-8-2-4-16(23)25/h1,3,7H,2,4-6,8-14H2. The van der Waals surface area contributed by atoms with Crippen molar-refractivity contribution in [2.45, 2.75) is 31.3 Å². The average molecular weight is 376 g/mol. The molecule has 3 aliphatic rings. The van der Waals surface area contributed by atoms with Crippen LogP contribution in [0.5, 0.6) is 0 Å². The van der Waals surface area contributed by atoms with Crippen LogP contribution in [0.15, 0.2) is 18.3 Å². The molecule has 3 aliphatic heterocycles. The van der Waals surface area contributed by atoms with Crippen LogP contribution in [0.3, 0.4) is 0 Å². The first-order valence-corrected chi connectivity index (χ1v) is 9.61. The van der Waals surface area contributed by atoms with E-state index in [0.29, 0.717) is 64.4 Å². The van der Waals surface area contributed by atoms with Crippen LogP contribution in [0.4, 0.5) is 10.2 Å². The van der Waals surface area contributed by atoms with E-state index in [1.165, 1.54) is 6.07 Å². The molecule has 2 amide bonds. The van der Waals surface area contributed by atoms with Crippen LogP contribution in [0, 0.1) is 5.82 Å². The maximum absolute atomic E-state index is 14.1. The summed E-state index contributed by atoms with van der Waals surface area (Å²) in [5, 5.41) is 0. The van der Waals surface area contributed by atoms with Crippen molar-refractivity contribution >= 4 is 17.6 Å². The topological polar surface area (TPSA) is 66.0 Å². The molecule has 0 N–H and O–H groups in total. The summed E-state index contributed by atoms with van der Waals surface area (Å²) in [4.78, 5) is 33.8. The van der Waals surface area contributed by atoms with Gasteiger partial charge in [0.15, 0.2) is 11.6 Å². The number of anilines is 1. The van der Waals surface area contributed by atoms with Crippen molar-refractivity contribution in [1.82, 2.24) is 14.8 Å². The molecule has 0 atom stereocenters. The molecule has 146 valence electrons. The molecule has 0 aromatic carbocycles. The normalized spacial score (nSPS) is 22.6. The molecule has 8 heteroatoms. The van der Waals surface area contributed by atoms with E-state index in [1.807, 2.05) is 9.80 Å². The smallest absolute Gasteiger partial charge is 0.242 e. The third-order valence-electron chi connectivity index (χ3n) is 5.81. The van der Waals surface area contributed by atoms with E-state index in [-0.39, 0.29) is 29.8 Å². The second-order valence-electron chi connectivity index (χ2n) is 7.56. The highest BCUT2D eigenvalue weighted by Gasteiger charge is 2.41. The van der Waals surface area contributed by atoms with Gasteiger partial charge in [0.1, 0.15) is 0 Å². The number of rotatable bonds is 3. The molecular formula is C19H25FN4O3. The highest BCUT2D eigenvalue weighted by Crippen LogP contribution is 2.32. The number of amides is 2. The Labute approximate surface area is 158 Å². The second-order valence-corrected chi connectivity index (χ2v) is 7.56. The first kappa shape index (κ1) is 18.2. The van der Waals surface area contributed by atoms with Gasteiger partial charge in [-0.1, -0.05) is 0 Å². The van der Waals surface area contributed by atoms with Crippen molar-refractivity contribution < 1.29 is 18.7 Å². The number of halogens is 1. The third-order valence-corrected chi connectivity index (χ3v) is 5.81. The highest BCUT2D eigenvalue weighted by molar-refractivity contribution is 5.85. The largest absolute Gasteiger partial charge is 0.371 e. The van der Waals surface area contributed by atoms with Crippen molar-refractivity contribution in [3.63, 3.8) is 0 Å². The minimum absolute atomic E-state index is 0.00327. The molecule has 0 unspecified atom stereocenters. The van der Waals surface area contributed by atoms with E-state index in [2.05, 4.69) is 4.98 Å². The number of morpholine rings is 1. The van der Waals surface area contributed by atoms with Gasteiger partial charge in [0.05, 0.1) is 18.8 Å². The van der Waals surface area contributed by atoms with Crippen molar-refractivity contribution in [1.29, 1.82) is 0 Å². The van der Waals surface area contributed by atoms with Gasteiger partial charge in [-0.05, 0) is 31.4 Å². The van der Waals surface area contributed by atoms with Gasteiger partial charge < -0.3 is 19.4 Å². The van der Waals surface area contributed by atoms with E-state index in [4.69, 9.17) is 4.74 Å². The van der Waals surface area contributed by atoms with Crippen LogP contribution in [0.2, 0.25) is 0 Å². The van der Waals surface area contributed by atoms with Crippen molar-refractivity contribution in [3.8, 4) is 0 Å². The summed E-state index contributed by atoms with van der Waals surface area (Å²) in [6.07, 6.45) is 4.39. The van der Waals surface area contributed by atoms with Gasteiger partial charge in [-0.3, -0.25) is 9.59 Å². The fourth-order valence-electron chi connectivity index (χ4n) is 4.24. The monoisotopic (exact) mass is 376 g/mol. The zero-order valence-electron chi connectivity index (χ0n) is 15.4. The lowest BCUT2D eigenvalue weighted by Crippen LogP contribution is -2.58. The first-order valence-electron chi connectivity index (χ1n) is 9.61. The number of pyridine rings is 1. The SMILES string of the molecule is O=C(CN1CCCC1=O)N1CCC2(CC1)CN(c1ncccc1F)CCO2. The lowest BCUT2D eigenvalue weighted by molar-refractivity contribution is -0.144. The zero-order chi connectivity index (χ0) is 18.9. The first-order chi connectivity index (χ1) is 13.1. The van der Waals surface area contributed by atoms with Gasteiger partial charge in [-0.15, -0.1) is 0 Å². The number of piperidine rings is 1. The highest BCUT2D eigenvalue weighted by atomic mass is 19.1. The van der Waals surface area contributed by atoms with Gasteiger partial charge in [-0.25, -0.2) is 9.37 Å². The summed E-state index contributed by atoms with van der Waals surface area (Å²) >= 11 is 0. The van der Waals surface area contributed by atoms with Gasteiger partial charge in [0.2, 0.25) is 11.8 Å². The van der Waals surface area contributed by atoms with Crippen LogP contribution >= 0.6 is 0 Å². The summed E-state index contributed by atoms with van der Waals surface area (Å²) in [7, 11) is 0. The molecule has 0 saturated carbocycles. The van der Waals surface area contributed by atoms with Gasteiger partial charge in [-0.2, -0.15) is 0 Å². The number of likely N-dealkylation sites (tertiary alicyclic amines) is 2. The van der Waals surface area contributed by atoms with Crippen molar-refractivity contribution in [2.24, 2.45) is 0 Å². The second kappa shape index (κ2) is 7.42. The Kier molecular flexibility index (Phi) is 4.99. The number of aromatic nitrogens is 1. The molecule has 3 saturated heterocycles.